The molecule has 0 heterocycles. The van der Waals surface area contributed by atoms with Crippen molar-refractivity contribution in [1.82, 2.24) is 5.32 Å². The summed E-state index contributed by atoms with van der Waals surface area (Å²) in [7, 11) is 1.63. The number of anilines is 1. The van der Waals surface area contributed by atoms with E-state index in [0.717, 1.165) is 35.6 Å². The monoisotopic (exact) mass is 404 g/mol. The molecule has 0 atom stereocenters. The zero-order chi connectivity index (χ0) is 21.0. The fraction of sp³-hybridized carbons (Fsp3) is 0.240. The van der Waals surface area contributed by atoms with Crippen LogP contribution in [0.15, 0.2) is 78.9 Å². The number of hydrogen-bond acceptors (Lipinski definition) is 4. The highest BCUT2D eigenvalue weighted by molar-refractivity contribution is 5.81. The highest BCUT2D eigenvalue weighted by atomic mass is 16.5. The lowest BCUT2D eigenvalue weighted by Gasteiger charge is -2.13. The zero-order valence-electron chi connectivity index (χ0n) is 17.3. The molecule has 3 rings (SSSR count). The quantitative estimate of drug-likeness (QED) is 0.464. The summed E-state index contributed by atoms with van der Waals surface area (Å²) < 4.78 is 11.1. The molecule has 0 spiro atoms. The maximum atomic E-state index is 12.2. The van der Waals surface area contributed by atoms with Crippen LogP contribution in [0, 0.1) is 0 Å². The maximum absolute atomic E-state index is 12.2. The van der Waals surface area contributed by atoms with Crippen LogP contribution in [0.3, 0.4) is 0 Å². The second-order valence-electron chi connectivity index (χ2n) is 6.91. The number of amides is 1. The Labute approximate surface area is 178 Å². The van der Waals surface area contributed by atoms with E-state index >= 15 is 0 Å². The summed E-state index contributed by atoms with van der Waals surface area (Å²) in [6.45, 7) is 1.28. The van der Waals surface area contributed by atoms with E-state index in [-0.39, 0.29) is 12.5 Å². The third-order valence-corrected chi connectivity index (χ3v) is 4.69. The fourth-order valence-corrected chi connectivity index (χ4v) is 3.02. The number of carbonyl (C=O) groups excluding carboxylic acids is 1. The Morgan fingerprint density at radius 2 is 1.60 bits per heavy atom. The predicted octanol–water partition coefficient (Wildman–Crippen LogP) is 4.44. The number of para-hydroxylation sites is 2. The SMILES string of the molecule is COc1ccc(CNC(=O)CNc2ccccc2OCCCc2ccccc2)cc1. The van der Waals surface area contributed by atoms with Gasteiger partial charge in [-0.05, 0) is 48.2 Å². The third kappa shape index (κ3) is 6.85. The van der Waals surface area contributed by atoms with Gasteiger partial charge in [-0.25, -0.2) is 0 Å². The first-order valence-corrected chi connectivity index (χ1v) is 10.1. The molecule has 0 radical (unpaired) electrons. The Balaban J connectivity index is 1.41. The summed E-state index contributed by atoms with van der Waals surface area (Å²) in [5.41, 5.74) is 3.14. The first-order valence-electron chi connectivity index (χ1n) is 10.1. The fourth-order valence-electron chi connectivity index (χ4n) is 3.02. The van der Waals surface area contributed by atoms with E-state index < -0.39 is 0 Å². The molecule has 0 saturated carbocycles. The molecule has 0 saturated heterocycles. The van der Waals surface area contributed by atoms with E-state index in [1.54, 1.807) is 7.11 Å². The van der Waals surface area contributed by atoms with Crippen LogP contribution in [-0.2, 0) is 17.8 Å². The average molecular weight is 405 g/mol. The van der Waals surface area contributed by atoms with Crippen LogP contribution in [0.4, 0.5) is 5.69 Å². The molecule has 0 aliphatic heterocycles. The lowest BCUT2D eigenvalue weighted by Crippen LogP contribution is -2.29. The highest BCUT2D eigenvalue weighted by Crippen LogP contribution is 2.23. The Morgan fingerprint density at radius 1 is 0.867 bits per heavy atom. The van der Waals surface area contributed by atoms with E-state index in [9.17, 15) is 4.79 Å². The predicted molar refractivity (Wildman–Crippen MR) is 120 cm³/mol. The van der Waals surface area contributed by atoms with Crippen LogP contribution < -0.4 is 20.1 Å². The van der Waals surface area contributed by atoms with E-state index in [1.165, 1.54) is 5.56 Å². The van der Waals surface area contributed by atoms with Gasteiger partial charge in [0.15, 0.2) is 0 Å². The molecule has 3 aromatic rings. The second-order valence-corrected chi connectivity index (χ2v) is 6.91. The molecule has 30 heavy (non-hydrogen) atoms. The van der Waals surface area contributed by atoms with Crippen molar-refractivity contribution in [1.29, 1.82) is 0 Å². The van der Waals surface area contributed by atoms with Gasteiger partial charge < -0.3 is 20.1 Å². The minimum atomic E-state index is -0.0790. The van der Waals surface area contributed by atoms with Crippen LogP contribution in [0.2, 0.25) is 0 Å². The van der Waals surface area contributed by atoms with Crippen LogP contribution in [-0.4, -0.2) is 26.2 Å². The number of ether oxygens (including phenoxy) is 2. The van der Waals surface area contributed by atoms with Gasteiger partial charge in [0.25, 0.3) is 0 Å². The Bertz CT molecular complexity index is 911. The summed E-state index contributed by atoms with van der Waals surface area (Å²) in [5.74, 6) is 1.48. The molecule has 0 aromatic heterocycles. The smallest absolute Gasteiger partial charge is 0.239 e. The first-order chi connectivity index (χ1) is 14.7. The van der Waals surface area contributed by atoms with Gasteiger partial charge in [-0.2, -0.15) is 0 Å². The number of nitrogens with one attached hydrogen (secondary N) is 2. The molecule has 0 fully saturated rings. The number of carbonyl (C=O) groups is 1. The molecule has 1 amide bonds. The van der Waals surface area contributed by atoms with Crippen LogP contribution in [0.25, 0.3) is 0 Å². The van der Waals surface area contributed by atoms with Crippen molar-refractivity contribution in [3.05, 3.63) is 90.0 Å². The topological polar surface area (TPSA) is 59.6 Å². The summed E-state index contributed by atoms with van der Waals surface area (Å²) in [6, 6.07) is 25.7. The normalized spacial score (nSPS) is 10.3. The van der Waals surface area contributed by atoms with Gasteiger partial charge in [0.1, 0.15) is 11.5 Å². The molecule has 0 aliphatic rings. The molecule has 0 bridgehead atoms. The zero-order valence-corrected chi connectivity index (χ0v) is 17.3. The van der Waals surface area contributed by atoms with Gasteiger partial charge in [0, 0.05) is 6.54 Å². The van der Waals surface area contributed by atoms with Crippen molar-refractivity contribution < 1.29 is 14.3 Å². The minimum Gasteiger partial charge on any atom is -0.497 e. The second kappa shape index (κ2) is 11.5. The number of rotatable bonds is 11. The number of benzene rings is 3. The van der Waals surface area contributed by atoms with Crippen molar-refractivity contribution >= 4 is 11.6 Å². The molecule has 0 unspecified atom stereocenters. The summed E-state index contributed by atoms with van der Waals surface area (Å²) >= 11 is 0. The van der Waals surface area contributed by atoms with Crippen molar-refractivity contribution in [2.45, 2.75) is 19.4 Å². The lowest BCUT2D eigenvalue weighted by molar-refractivity contribution is -0.119. The number of hydrogen-bond donors (Lipinski definition) is 2. The molecule has 5 nitrogen and oxygen atoms in total. The number of methoxy groups -OCH3 is 1. The Morgan fingerprint density at radius 3 is 2.37 bits per heavy atom. The minimum absolute atomic E-state index is 0.0790. The van der Waals surface area contributed by atoms with E-state index in [2.05, 4.69) is 34.9 Å². The molecule has 156 valence electrons. The summed E-state index contributed by atoms with van der Waals surface area (Å²) in [6.07, 6.45) is 1.91. The molecule has 5 heteroatoms. The first kappa shape index (κ1) is 21.2. The molecule has 2 N–H and O–H groups in total. The third-order valence-electron chi connectivity index (χ3n) is 4.69. The van der Waals surface area contributed by atoms with Crippen molar-refractivity contribution in [3.8, 4) is 11.5 Å². The van der Waals surface area contributed by atoms with Gasteiger partial charge in [-0.1, -0.05) is 54.6 Å². The van der Waals surface area contributed by atoms with Gasteiger partial charge in [-0.3, -0.25) is 4.79 Å². The summed E-state index contributed by atoms with van der Waals surface area (Å²) in [4.78, 5) is 12.2. The van der Waals surface area contributed by atoms with Crippen LogP contribution in [0.1, 0.15) is 17.5 Å². The summed E-state index contributed by atoms with van der Waals surface area (Å²) in [5, 5.41) is 6.08. The molecule has 0 aliphatic carbocycles. The van der Waals surface area contributed by atoms with Crippen molar-refractivity contribution in [2.24, 2.45) is 0 Å². The maximum Gasteiger partial charge on any atom is 0.239 e. The Kier molecular flexibility index (Phi) is 8.15. The van der Waals surface area contributed by atoms with E-state index in [1.807, 2.05) is 54.6 Å². The molecular formula is C25H28N2O3. The standard InChI is InChI=1S/C25H28N2O3/c1-29-22-15-13-21(14-16-22)18-27-25(28)19-26-23-11-5-6-12-24(23)30-17-7-10-20-8-3-2-4-9-20/h2-6,8-9,11-16,26H,7,10,17-19H2,1H3,(H,27,28). The average Bonchev–Trinajstić information content (AvgIpc) is 2.80. The number of aryl methyl sites for hydroxylation is 1. The van der Waals surface area contributed by atoms with Gasteiger partial charge in [0.2, 0.25) is 5.91 Å². The van der Waals surface area contributed by atoms with E-state index in [4.69, 9.17) is 9.47 Å². The van der Waals surface area contributed by atoms with Crippen LogP contribution >= 0.6 is 0 Å². The van der Waals surface area contributed by atoms with E-state index in [0.29, 0.717) is 13.2 Å². The molecule has 3 aromatic carbocycles. The van der Waals surface area contributed by atoms with Gasteiger partial charge in [0.05, 0.1) is 25.9 Å². The van der Waals surface area contributed by atoms with Crippen molar-refractivity contribution in [3.63, 3.8) is 0 Å². The largest absolute Gasteiger partial charge is 0.497 e. The lowest BCUT2D eigenvalue weighted by atomic mass is 10.1. The van der Waals surface area contributed by atoms with Crippen LogP contribution in [0.5, 0.6) is 11.5 Å². The highest BCUT2D eigenvalue weighted by Gasteiger charge is 2.06. The molecular weight excluding hydrogens is 376 g/mol. The van der Waals surface area contributed by atoms with Gasteiger partial charge >= 0.3 is 0 Å². The van der Waals surface area contributed by atoms with Gasteiger partial charge in [-0.15, -0.1) is 0 Å². The van der Waals surface area contributed by atoms with Crippen molar-refractivity contribution in [2.75, 3.05) is 25.6 Å². The Hall–Kier alpha value is -3.47.